The molecule has 4 nitrogen and oxygen atoms in total. The number of hydrogen-bond donors (Lipinski definition) is 2. The largest absolute Gasteiger partial charge is 0.349 e. The number of hydrogen-bond acceptors (Lipinski definition) is 3. The van der Waals surface area contributed by atoms with Gasteiger partial charge in [0.05, 0.1) is 12.4 Å². The van der Waals surface area contributed by atoms with Crippen molar-refractivity contribution in [2.45, 2.75) is 0 Å². The highest BCUT2D eigenvalue weighted by molar-refractivity contribution is 7.54. The van der Waals surface area contributed by atoms with Crippen LogP contribution in [0.4, 0.5) is 5.69 Å². The zero-order valence-electron chi connectivity index (χ0n) is 6.30. The Labute approximate surface area is 70.7 Å². The first-order chi connectivity index (χ1) is 5.58. The Balaban J connectivity index is 2.50. The van der Waals surface area contributed by atoms with E-state index < -0.39 is 7.60 Å². The molecular formula is C7H9NO3P. The Bertz CT molecular complexity index is 282. The Morgan fingerprint density at radius 3 is 2.50 bits per heavy atom. The average molecular weight is 186 g/mol. The number of benzene rings is 1. The van der Waals surface area contributed by atoms with Crippen LogP contribution in [0.25, 0.3) is 0 Å². The normalized spacial score (nSPS) is 15.2. The molecule has 1 rings (SSSR count). The van der Waals surface area contributed by atoms with Crippen molar-refractivity contribution >= 4 is 13.3 Å². The van der Waals surface area contributed by atoms with Gasteiger partial charge in [0, 0.05) is 0 Å². The van der Waals surface area contributed by atoms with Crippen LogP contribution in [0.15, 0.2) is 30.3 Å². The van der Waals surface area contributed by atoms with Crippen molar-refractivity contribution in [2.75, 3.05) is 5.48 Å². The molecule has 1 aromatic rings. The van der Waals surface area contributed by atoms with Crippen molar-refractivity contribution in [3.05, 3.63) is 37.0 Å². The molecule has 0 amide bonds. The summed E-state index contributed by atoms with van der Waals surface area (Å²) in [4.78, 5) is 8.64. The van der Waals surface area contributed by atoms with E-state index in [1.54, 1.807) is 24.3 Å². The molecule has 2 N–H and O–H groups in total. The van der Waals surface area contributed by atoms with Gasteiger partial charge in [-0.1, -0.05) is 18.2 Å². The lowest BCUT2D eigenvalue weighted by atomic mass is 10.3. The second-order valence-corrected chi connectivity index (χ2v) is 3.65. The Morgan fingerprint density at radius 2 is 2.00 bits per heavy atom. The summed E-state index contributed by atoms with van der Waals surface area (Å²) >= 11 is 0. The van der Waals surface area contributed by atoms with Gasteiger partial charge in [0.2, 0.25) is 0 Å². The van der Waals surface area contributed by atoms with Crippen molar-refractivity contribution in [2.24, 2.45) is 0 Å². The fourth-order valence-electron chi connectivity index (χ4n) is 0.630. The Kier molecular flexibility index (Phi) is 2.87. The van der Waals surface area contributed by atoms with Gasteiger partial charge in [-0.2, -0.15) is 4.62 Å². The highest BCUT2D eigenvalue weighted by atomic mass is 31.2. The standard InChI is InChI=1S/C7H9NO3P/c1-12(9,10)11-8-7-5-3-2-4-6-7/h2-6,8H,1H2,(H,9,10). The van der Waals surface area contributed by atoms with Crippen molar-refractivity contribution in [1.82, 2.24) is 0 Å². The Morgan fingerprint density at radius 1 is 1.42 bits per heavy atom. The van der Waals surface area contributed by atoms with Gasteiger partial charge in [-0.25, -0.2) is 0 Å². The summed E-state index contributed by atoms with van der Waals surface area (Å²) < 4.78 is 14.9. The summed E-state index contributed by atoms with van der Waals surface area (Å²) in [6.07, 6.45) is 0. The van der Waals surface area contributed by atoms with E-state index in [2.05, 4.69) is 16.8 Å². The SMILES string of the molecule is [CH2]P(=O)(O)ONc1ccccc1. The number of anilines is 1. The maximum absolute atomic E-state index is 10.5. The van der Waals surface area contributed by atoms with Gasteiger partial charge in [-0.15, -0.1) is 0 Å². The number of rotatable bonds is 3. The van der Waals surface area contributed by atoms with Crippen LogP contribution in [0.5, 0.6) is 0 Å². The third-order valence-electron chi connectivity index (χ3n) is 1.08. The molecule has 1 aromatic carbocycles. The smallest absolute Gasteiger partial charge is 0.323 e. The molecule has 0 fully saturated rings. The summed E-state index contributed by atoms with van der Waals surface area (Å²) in [5.74, 6) is 0. The van der Waals surface area contributed by atoms with Crippen molar-refractivity contribution in [3.8, 4) is 0 Å². The second kappa shape index (κ2) is 3.72. The quantitative estimate of drug-likeness (QED) is 0.560. The van der Waals surface area contributed by atoms with E-state index in [1.807, 2.05) is 6.07 Å². The van der Waals surface area contributed by atoms with Crippen molar-refractivity contribution in [3.63, 3.8) is 0 Å². The molecule has 5 heteroatoms. The third kappa shape index (κ3) is 3.53. The van der Waals surface area contributed by atoms with Crippen LogP contribution in [0.1, 0.15) is 0 Å². The molecule has 0 aliphatic heterocycles. The maximum Gasteiger partial charge on any atom is 0.349 e. The summed E-state index contributed by atoms with van der Waals surface area (Å²) in [5.41, 5.74) is 2.92. The van der Waals surface area contributed by atoms with Crippen LogP contribution >= 0.6 is 7.60 Å². The van der Waals surface area contributed by atoms with Crippen molar-refractivity contribution in [1.29, 1.82) is 0 Å². The average Bonchev–Trinajstić information content (AvgIpc) is 2.02. The lowest BCUT2D eigenvalue weighted by Gasteiger charge is -2.07. The van der Waals surface area contributed by atoms with Crippen LogP contribution in [0.3, 0.4) is 0 Å². The summed E-state index contributed by atoms with van der Waals surface area (Å²) in [7, 11) is -3.69. The van der Waals surface area contributed by atoms with Crippen LogP contribution in [-0.2, 0) is 9.19 Å². The van der Waals surface area contributed by atoms with E-state index in [0.717, 1.165) is 0 Å². The predicted octanol–water partition coefficient (Wildman–Crippen LogP) is 2.01. The minimum atomic E-state index is -3.69. The summed E-state index contributed by atoms with van der Waals surface area (Å²) in [5, 5.41) is 0. The van der Waals surface area contributed by atoms with Gasteiger partial charge in [0.25, 0.3) is 0 Å². The minimum absolute atomic E-state index is 0.607. The summed E-state index contributed by atoms with van der Waals surface area (Å²) in [6.45, 7) is 2.91. The van der Waals surface area contributed by atoms with Gasteiger partial charge in [-0.3, -0.25) is 10.0 Å². The van der Waals surface area contributed by atoms with Gasteiger partial charge >= 0.3 is 7.60 Å². The van der Waals surface area contributed by atoms with Crippen LogP contribution in [0.2, 0.25) is 0 Å². The fraction of sp³-hybridized carbons (Fsp3) is 0. The van der Waals surface area contributed by atoms with Gasteiger partial charge < -0.3 is 4.89 Å². The first kappa shape index (κ1) is 9.26. The molecule has 12 heavy (non-hydrogen) atoms. The predicted molar refractivity (Wildman–Crippen MR) is 46.3 cm³/mol. The Hall–Kier alpha value is -0.830. The molecule has 0 aliphatic rings. The molecule has 0 spiro atoms. The first-order valence-corrected chi connectivity index (χ1v) is 5.01. The van der Waals surface area contributed by atoms with E-state index in [-0.39, 0.29) is 0 Å². The molecule has 1 radical (unpaired) electrons. The van der Waals surface area contributed by atoms with E-state index in [4.69, 9.17) is 4.89 Å². The maximum atomic E-state index is 10.5. The lowest BCUT2D eigenvalue weighted by molar-refractivity contribution is 0.322. The lowest BCUT2D eigenvalue weighted by Crippen LogP contribution is -1.96. The van der Waals surface area contributed by atoms with Crippen molar-refractivity contribution < 1.29 is 14.1 Å². The van der Waals surface area contributed by atoms with E-state index in [9.17, 15) is 4.57 Å². The van der Waals surface area contributed by atoms with E-state index >= 15 is 0 Å². The third-order valence-corrected chi connectivity index (χ3v) is 1.46. The van der Waals surface area contributed by atoms with E-state index in [1.165, 1.54) is 0 Å². The van der Waals surface area contributed by atoms with Crippen LogP contribution < -0.4 is 5.48 Å². The topological polar surface area (TPSA) is 58.6 Å². The molecule has 1 atom stereocenters. The fourth-order valence-corrected chi connectivity index (χ4v) is 0.878. The van der Waals surface area contributed by atoms with Gasteiger partial charge in [0.1, 0.15) is 0 Å². The molecule has 65 valence electrons. The zero-order chi connectivity index (χ0) is 9.03. The minimum Gasteiger partial charge on any atom is -0.323 e. The summed E-state index contributed by atoms with van der Waals surface area (Å²) in [6, 6.07) is 8.79. The van der Waals surface area contributed by atoms with Crippen LogP contribution in [-0.4, -0.2) is 4.89 Å². The first-order valence-electron chi connectivity index (χ1n) is 3.25. The zero-order valence-corrected chi connectivity index (χ0v) is 7.20. The molecule has 0 saturated carbocycles. The molecule has 0 heterocycles. The molecule has 0 saturated heterocycles. The molecule has 0 aromatic heterocycles. The van der Waals surface area contributed by atoms with Gasteiger partial charge in [0.15, 0.2) is 0 Å². The molecule has 0 bridgehead atoms. The highest BCUT2D eigenvalue weighted by Gasteiger charge is 2.09. The van der Waals surface area contributed by atoms with Gasteiger partial charge in [-0.05, 0) is 12.1 Å². The second-order valence-electron chi connectivity index (χ2n) is 2.20. The molecule has 1 unspecified atom stereocenters. The number of nitrogens with one attached hydrogen (secondary N) is 1. The molecule has 0 aliphatic carbocycles. The van der Waals surface area contributed by atoms with E-state index in [0.29, 0.717) is 5.69 Å². The number of para-hydroxylation sites is 1. The molecular weight excluding hydrogens is 177 g/mol. The highest BCUT2D eigenvalue weighted by Crippen LogP contribution is 2.38. The monoisotopic (exact) mass is 186 g/mol. The van der Waals surface area contributed by atoms with Crippen LogP contribution in [0, 0.1) is 6.66 Å².